The highest BCUT2D eigenvalue weighted by Crippen LogP contribution is 2.36. The molecule has 3 heteroatoms. The summed E-state index contributed by atoms with van der Waals surface area (Å²) in [4.78, 5) is 0. The van der Waals surface area contributed by atoms with Crippen molar-refractivity contribution < 1.29 is 13.2 Å². The molecule has 0 spiro atoms. The molecule has 2 aromatic rings. The monoisotopic (exact) mass is 360 g/mol. The first kappa shape index (κ1) is 19.0. The van der Waals surface area contributed by atoms with E-state index in [2.05, 4.69) is 13.8 Å². The SMILES string of the molecule is CCC1CCC(C(C)Cc2cc(F)c(-c3cccc(F)c3)c(F)c2)CC1. The molecule has 1 saturated carbocycles. The van der Waals surface area contributed by atoms with E-state index in [-0.39, 0.29) is 11.1 Å². The number of halogens is 3. The molecule has 1 aliphatic carbocycles. The third kappa shape index (κ3) is 4.31. The Labute approximate surface area is 154 Å². The first-order valence-corrected chi connectivity index (χ1v) is 9.71. The van der Waals surface area contributed by atoms with Gasteiger partial charge in [0, 0.05) is 0 Å². The molecule has 0 aromatic heterocycles. The Kier molecular flexibility index (Phi) is 6.05. The molecule has 140 valence electrons. The molecule has 1 aliphatic rings. The molecule has 0 bridgehead atoms. The van der Waals surface area contributed by atoms with Crippen molar-refractivity contribution in [3.63, 3.8) is 0 Å². The van der Waals surface area contributed by atoms with Crippen LogP contribution < -0.4 is 0 Å². The van der Waals surface area contributed by atoms with Crippen molar-refractivity contribution in [2.45, 2.75) is 52.4 Å². The molecule has 1 atom stereocenters. The van der Waals surface area contributed by atoms with Crippen molar-refractivity contribution in [3.05, 3.63) is 59.4 Å². The van der Waals surface area contributed by atoms with Gasteiger partial charge in [-0.3, -0.25) is 0 Å². The van der Waals surface area contributed by atoms with Gasteiger partial charge in [-0.05, 0) is 72.4 Å². The predicted octanol–water partition coefficient (Wildman–Crippen LogP) is 7.17. The second-order valence-electron chi connectivity index (χ2n) is 7.82. The lowest BCUT2D eigenvalue weighted by Crippen LogP contribution is -2.21. The summed E-state index contributed by atoms with van der Waals surface area (Å²) in [5.74, 6) is 0.152. The lowest BCUT2D eigenvalue weighted by Gasteiger charge is -2.32. The van der Waals surface area contributed by atoms with Gasteiger partial charge in [0.2, 0.25) is 0 Å². The van der Waals surface area contributed by atoms with Crippen LogP contribution in [-0.4, -0.2) is 0 Å². The quantitative estimate of drug-likeness (QED) is 0.530. The van der Waals surface area contributed by atoms with Gasteiger partial charge in [-0.2, -0.15) is 0 Å². The number of rotatable bonds is 5. The maximum absolute atomic E-state index is 14.6. The molecule has 0 nitrogen and oxygen atoms in total. The molecule has 1 fully saturated rings. The number of hydrogen-bond acceptors (Lipinski definition) is 0. The van der Waals surface area contributed by atoms with E-state index in [4.69, 9.17) is 0 Å². The molecule has 0 heterocycles. The average molecular weight is 360 g/mol. The van der Waals surface area contributed by atoms with E-state index in [1.165, 1.54) is 62.4 Å². The zero-order chi connectivity index (χ0) is 18.7. The van der Waals surface area contributed by atoms with E-state index in [0.717, 1.165) is 12.0 Å². The van der Waals surface area contributed by atoms with Crippen LogP contribution in [0.1, 0.15) is 51.5 Å². The maximum Gasteiger partial charge on any atom is 0.134 e. The van der Waals surface area contributed by atoms with Crippen molar-refractivity contribution in [1.82, 2.24) is 0 Å². The Hall–Kier alpha value is -1.77. The average Bonchev–Trinajstić information content (AvgIpc) is 2.61. The third-order valence-electron chi connectivity index (χ3n) is 6.05. The summed E-state index contributed by atoms with van der Waals surface area (Å²) in [6, 6.07) is 8.25. The summed E-state index contributed by atoms with van der Waals surface area (Å²) in [5.41, 5.74) is 0.770. The summed E-state index contributed by atoms with van der Waals surface area (Å²) in [7, 11) is 0. The standard InChI is InChI=1S/C23H27F3/c1-3-16-7-9-18(10-8-16)15(2)11-17-12-21(25)23(22(26)13-17)19-5-4-6-20(24)14-19/h4-6,12-16,18H,3,7-11H2,1-2H3. The van der Waals surface area contributed by atoms with Crippen LogP contribution in [0.2, 0.25) is 0 Å². The molecular weight excluding hydrogens is 333 g/mol. The lowest BCUT2D eigenvalue weighted by atomic mass is 9.74. The molecule has 0 aliphatic heterocycles. The normalized spacial score (nSPS) is 21.6. The van der Waals surface area contributed by atoms with Crippen LogP contribution in [0.15, 0.2) is 36.4 Å². The van der Waals surface area contributed by atoms with E-state index in [9.17, 15) is 13.2 Å². The van der Waals surface area contributed by atoms with Gasteiger partial charge in [-0.1, -0.05) is 45.2 Å². The van der Waals surface area contributed by atoms with Gasteiger partial charge in [0.05, 0.1) is 5.56 Å². The Morgan fingerprint density at radius 1 is 0.962 bits per heavy atom. The van der Waals surface area contributed by atoms with E-state index in [1.54, 1.807) is 0 Å². The smallest absolute Gasteiger partial charge is 0.134 e. The predicted molar refractivity (Wildman–Crippen MR) is 100 cm³/mol. The van der Waals surface area contributed by atoms with Crippen LogP contribution in [0.25, 0.3) is 11.1 Å². The second kappa shape index (κ2) is 8.28. The van der Waals surface area contributed by atoms with Gasteiger partial charge in [0.15, 0.2) is 0 Å². The summed E-state index contributed by atoms with van der Waals surface area (Å²) < 4.78 is 42.5. The van der Waals surface area contributed by atoms with E-state index in [0.29, 0.717) is 23.8 Å². The highest BCUT2D eigenvalue weighted by Gasteiger charge is 2.25. The Morgan fingerprint density at radius 3 is 2.19 bits per heavy atom. The molecule has 3 rings (SSSR count). The van der Waals surface area contributed by atoms with Crippen molar-refractivity contribution >= 4 is 0 Å². The van der Waals surface area contributed by atoms with Crippen molar-refractivity contribution in [2.24, 2.45) is 17.8 Å². The van der Waals surface area contributed by atoms with Gasteiger partial charge >= 0.3 is 0 Å². The van der Waals surface area contributed by atoms with Gasteiger partial charge in [0.25, 0.3) is 0 Å². The molecule has 26 heavy (non-hydrogen) atoms. The highest BCUT2D eigenvalue weighted by molar-refractivity contribution is 5.65. The fourth-order valence-corrected chi connectivity index (χ4v) is 4.37. The Morgan fingerprint density at radius 2 is 1.62 bits per heavy atom. The van der Waals surface area contributed by atoms with Crippen molar-refractivity contribution in [2.75, 3.05) is 0 Å². The fourth-order valence-electron chi connectivity index (χ4n) is 4.37. The van der Waals surface area contributed by atoms with Crippen molar-refractivity contribution in [1.29, 1.82) is 0 Å². The highest BCUT2D eigenvalue weighted by atomic mass is 19.1. The summed E-state index contributed by atoms with van der Waals surface area (Å²) >= 11 is 0. The zero-order valence-corrected chi connectivity index (χ0v) is 15.6. The molecule has 2 aromatic carbocycles. The minimum atomic E-state index is -0.618. The molecular formula is C23H27F3. The Balaban J connectivity index is 1.74. The first-order chi connectivity index (χ1) is 12.5. The minimum Gasteiger partial charge on any atom is -0.207 e. The summed E-state index contributed by atoms with van der Waals surface area (Å²) in [6.07, 6.45) is 6.90. The summed E-state index contributed by atoms with van der Waals surface area (Å²) in [6.45, 7) is 4.44. The van der Waals surface area contributed by atoms with Crippen LogP contribution >= 0.6 is 0 Å². The van der Waals surface area contributed by atoms with E-state index >= 15 is 0 Å². The second-order valence-corrected chi connectivity index (χ2v) is 7.82. The topological polar surface area (TPSA) is 0 Å². The summed E-state index contributed by atoms with van der Waals surface area (Å²) in [5, 5.41) is 0. The number of hydrogen-bond donors (Lipinski definition) is 0. The fraction of sp³-hybridized carbons (Fsp3) is 0.478. The largest absolute Gasteiger partial charge is 0.207 e. The van der Waals surface area contributed by atoms with Gasteiger partial charge in [-0.15, -0.1) is 0 Å². The minimum absolute atomic E-state index is 0.149. The zero-order valence-electron chi connectivity index (χ0n) is 15.6. The Bertz CT molecular complexity index is 722. The molecule has 0 N–H and O–H groups in total. The molecule has 1 unspecified atom stereocenters. The van der Waals surface area contributed by atoms with Gasteiger partial charge < -0.3 is 0 Å². The molecule has 0 radical (unpaired) electrons. The van der Waals surface area contributed by atoms with Crippen LogP contribution in [0, 0.1) is 35.2 Å². The van der Waals surface area contributed by atoms with E-state index in [1.807, 2.05) is 0 Å². The third-order valence-corrected chi connectivity index (χ3v) is 6.05. The van der Waals surface area contributed by atoms with Crippen molar-refractivity contribution in [3.8, 4) is 11.1 Å². The van der Waals surface area contributed by atoms with Crippen LogP contribution in [0.4, 0.5) is 13.2 Å². The van der Waals surface area contributed by atoms with Crippen LogP contribution in [-0.2, 0) is 6.42 Å². The molecule has 0 amide bonds. The first-order valence-electron chi connectivity index (χ1n) is 9.71. The van der Waals surface area contributed by atoms with Gasteiger partial charge in [-0.25, -0.2) is 13.2 Å². The van der Waals surface area contributed by atoms with Crippen LogP contribution in [0.3, 0.4) is 0 Å². The lowest BCUT2D eigenvalue weighted by molar-refractivity contribution is 0.210. The van der Waals surface area contributed by atoms with E-state index < -0.39 is 17.5 Å². The van der Waals surface area contributed by atoms with Crippen LogP contribution in [0.5, 0.6) is 0 Å². The van der Waals surface area contributed by atoms with Gasteiger partial charge in [0.1, 0.15) is 17.5 Å². The number of benzene rings is 2. The molecule has 0 saturated heterocycles. The maximum atomic E-state index is 14.6.